The Morgan fingerprint density at radius 2 is 1.56 bits per heavy atom. The summed E-state index contributed by atoms with van der Waals surface area (Å²) in [4.78, 5) is 14.4. The molecular weight excluding hydrogens is 458 g/mol. The maximum absolute atomic E-state index is 13.2. The van der Waals surface area contributed by atoms with Crippen LogP contribution < -0.4 is 5.32 Å². The molecule has 1 unspecified atom stereocenters. The van der Waals surface area contributed by atoms with Gasteiger partial charge in [0.25, 0.3) is 5.91 Å². The minimum absolute atomic E-state index is 0. The van der Waals surface area contributed by atoms with Gasteiger partial charge >= 0.3 is 12.4 Å². The largest absolute Gasteiger partial charge is 0.416 e. The molecule has 1 heterocycles. The Labute approximate surface area is 188 Å². The highest BCUT2D eigenvalue weighted by Gasteiger charge is 2.38. The number of rotatable bonds is 3. The van der Waals surface area contributed by atoms with Crippen molar-refractivity contribution < 1.29 is 31.1 Å². The van der Waals surface area contributed by atoms with Gasteiger partial charge in [-0.2, -0.15) is 26.3 Å². The summed E-state index contributed by atoms with van der Waals surface area (Å²) in [5.41, 5.74) is -0.504. The van der Waals surface area contributed by atoms with Gasteiger partial charge in [0, 0.05) is 31.2 Å². The molecule has 32 heavy (non-hydrogen) atoms. The summed E-state index contributed by atoms with van der Waals surface area (Å²) < 4.78 is 79.0. The van der Waals surface area contributed by atoms with Gasteiger partial charge in [-0.05, 0) is 55.2 Å². The lowest BCUT2D eigenvalue weighted by Crippen LogP contribution is -2.54. The van der Waals surface area contributed by atoms with Gasteiger partial charge in [0.15, 0.2) is 0 Å². The van der Waals surface area contributed by atoms with Crippen molar-refractivity contribution in [3.63, 3.8) is 0 Å². The summed E-state index contributed by atoms with van der Waals surface area (Å²) >= 11 is 0. The standard InChI is InChI=1S/C22H22F6N2O.ClH/c1-13-3-4-15(7-14(13)2)8-19-12-29-5-6-30(19)20(31)16-9-17(21(23,24)25)11-18(10-16)22(26,27)28;/h3-4,7,9-11,19,29H,5-6,8,12H2,1-2H3;1H. The van der Waals surface area contributed by atoms with Gasteiger partial charge < -0.3 is 10.2 Å². The summed E-state index contributed by atoms with van der Waals surface area (Å²) in [6.07, 6.45) is -9.57. The molecule has 1 saturated heterocycles. The van der Waals surface area contributed by atoms with E-state index in [-0.39, 0.29) is 25.0 Å². The van der Waals surface area contributed by atoms with Crippen molar-refractivity contribution >= 4 is 18.3 Å². The number of piperazine rings is 1. The smallest absolute Gasteiger partial charge is 0.333 e. The number of carbonyl (C=O) groups is 1. The van der Waals surface area contributed by atoms with E-state index in [2.05, 4.69) is 5.32 Å². The third-order valence-electron chi connectivity index (χ3n) is 5.49. The summed E-state index contributed by atoms with van der Waals surface area (Å²) in [5.74, 6) is -0.841. The van der Waals surface area contributed by atoms with Gasteiger partial charge in [0.05, 0.1) is 11.1 Å². The molecule has 0 spiro atoms. The second-order valence-electron chi connectivity index (χ2n) is 7.77. The van der Waals surface area contributed by atoms with Crippen LogP contribution in [0.4, 0.5) is 26.3 Å². The number of benzene rings is 2. The third-order valence-corrected chi connectivity index (χ3v) is 5.49. The van der Waals surface area contributed by atoms with Gasteiger partial charge in [-0.25, -0.2) is 0 Å². The van der Waals surface area contributed by atoms with E-state index in [9.17, 15) is 31.1 Å². The maximum atomic E-state index is 13.2. The van der Waals surface area contributed by atoms with Gasteiger partial charge in [-0.1, -0.05) is 18.2 Å². The van der Waals surface area contributed by atoms with Gasteiger partial charge in [-0.3, -0.25) is 4.79 Å². The summed E-state index contributed by atoms with van der Waals surface area (Å²) in [7, 11) is 0. The molecule has 1 aliphatic heterocycles. The highest BCUT2D eigenvalue weighted by Crippen LogP contribution is 2.36. The SMILES string of the molecule is Cc1ccc(CC2CNCCN2C(=O)c2cc(C(F)(F)F)cc(C(F)(F)F)c2)cc1C.Cl. The molecule has 176 valence electrons. The zero-order valence-electron chi connectivity index (χ0n) is 17.4. The topological polar surface area (TPSA) is 32.3 Å². The van der Waals surface area contributed by atoms with Crippen LogP contribution in [0.2, 0.25) is 0 Å². The molecule has 3 nitrogen and oxygen atoms in total. The van der Waals surface area contributed by atoms with Crippen LogP contribution in [0.5, 0.6) is 0 Å². The van der Waals surface area contributed by atoms with Crippen molar-refractivity contribution in [3.05, 3.63) is 69.8 Å². The molecule has 1 fully saturated rings. The Hall–Kier alpha value is -2.26. The molecule has 0 aliphatic carbocycles. The van der Waals surface area contributed by atoms with E-state index in [1.165, 1.54) is 4.90 Å². The Morgan fingerprint density at radius 1 is 0.969 bits per heavy atom. The molecule has 0 radical (unpaired) electrons. The zero-order valence-corrected chi connectivity index (χ0v) is 18.2. The first-order valence-corrected chi connectivity index (χ1v) is 9.73. The Morgan fingerprint density at radius 3 is 2.09 bits per heavy atom. The number of nitrogens with zero attached hydrogens (tertiary/aromatic N) is 1. The molecule has 3 rings (SSSR count). The second kappa shape index (κ2) is 9.70. The van der Waals surface area contributed by atoms with Crippen LogP contribution in [-0.4, -0.2) is 36.5 Å². The molecule has 1 N–H and O–H groups in total. The number of hydrogen-bond acceptors (Lipinski definition) is 2. The van der Waals surface area contributed by atoms with Crippen molar-refractivity contribution in [2.75, 3.05) is 19.6 Å². The maximum Gasteiger partial charge on any atom is 0.416 e. The third kappa shape index (κ3) is 5.95. The fourth-order valence-corrected chi connectivity index (χ4v) is 3.66. The highest BCUT2D eigenvalue weighted by atomic mass is 35.5. The summed E-state index contributed by atoms with van der Waals surface area (Å²) in [6.45, 7) is 4.89. The molecule has 1 atom stereocenters. The fourth-order valence-electron chi connectivity index (χ4n) is 3.66. The van der Waals surface area contributed by atoms with Gasteiger partial charge in [-0.15, -0.1) is 12.4 Å². The number of amides is 1. The fraction of sp³-hybridized carbons (Fsp3) is 0.409. The summed E-state index contributed by atoms with van der Waals surface area (Å²) in [5, 5.41) is 3.13. The second-order valence-corrected chi connectivity index (χ2v) is 7.77. The first kappa shape index (κ1) is 26.0. The van der Waals surface area contributed by atoms with E-state index >= 15 is 0 Å². The van der Waals surface area contributed by atoms with Crippen molar-refractivity contribution in [1.82, 2.24) is 10.2 Å². The normalized spacial score (nSPS) is 17.1. The molecule has 0 saturated carbocycles. The predicted octanol–water partition coefficient (Wildman–Crippen LogP) is 5.42. The molecule has 1 amide bonds. The van der Waals surface area contributed by atoms with Crippen LogP contribution >= 0.6 is 12.4 Å². The van der Waals surface area contributed by atoms with E-state index in [4.69, 9.17) is 0 Å². The Balaban J connectivity index is 0.00000363. The van der Waals surface area contributed by atoms with E-state index in [1.54, 1.807) is 0 Å². The molecular formula is C22H23ClF6N2O. The molecule has 2 aromatic carbocycles. The van der Waals surface area contributed by atoms with Crippen molar-refractivity contribution in [3.8, 4) is 0 Å². The van der Waals surface area contributed by atoms with E-state index in [0.29, 0.717) is 31.6 Å². The first-order chi connectivity index (χ1) is 14.4. The monoisotopic (exact) mass is 480 g/mol. The lowest BCUT2D eigenvalue weighted by atomic mass is 9.97. The quantitative estimate of drug-likeness (QED) is 0.595. The number of halogens is 7. The highest BCUT2D eigenvalue weighted by molar-refractivity contribution is 5.95. The van der Waals surface area contributed by atoms with Crippen LogP contribution in [0.15, 0.2) is 36.4 Å². The Bertz CT molecular complexity index is 942. The van der Waals surface area contributed by atoms with E-state index in [1.807, 2.05) is 32.0 Å². The van der Waals surface area contributed by atoms with Crippen LogP contribution in [0.25, 0.3) is 0 Å². The molecule has 2 aromatic rings. The molecule has 0 bridgehead atoms. The van der Waals surface area contributed by atoms with Crippen molar-refractivity contribution in [2.24, 2.45) is 0 Å². The predicted molar refractivity (Wildman–Crippen MR) is 111 cm³/mol. The van der Waals surface area contributed by atoms with Gasteiger partial charge in [0.1, 0.15) is 0 Å². The molecule has 10 heteroatoms. The number of nitrogens with one attached hydrogen (secondary N) is 1. The van der Waals surface area contributed by atoms with Gasteiger partial charge in [0.2, 0.25) is 0 Å². The molecule has 1 aliphatic rings. The van der Waals surface area contributed by atoms with Crippen LogP contribution in [0, 0.1) is 13.8 Å². The van der Waals surface area contributed by atoms with Crippen LogP contribution in [-0.2, 0) is 18.8 Å². The zero-order chi connectivity index (χ0) is 23.0. The number of alkyl halides is 6. The molecule has 0 aromatic heterocycles. The minimum Gasteiger partial charge on any atom is -0.333 e. The number of carbonyl (C=O) groups excluding carboxylic acids is 1. The minimum atomic E-state index is -5.00. The average molecular weight is 481 g/mol. The number of hydrogen-bond donors (Lipinski definition) is 1. The number of aryl methyl sites for hydroxylation is 2. The summed E-state index contributed by atoms with van der Waals surface area (Å²) in [6, 6.07) is 6.44. The average Bonchev–Trinajstić information content (AvgIpc) is 2.69. The Kier molecular flexibility index (Phi) is 7.88. The van der Waals surface area contributed by atoms with Crippen molar-refractivity contribution in [1.29, 1.82) is 0 Å². The van der Waals surface area contributed by atoms with Crippen molar-refractivity contribution in [2.45, 2.75) is 38.7 Å². The van der Waals surface area contributed by atoms with Crippen LogP contribution in [0.1, 0.15) is 38.2 Å². The van der Waals surface area contributed by atoms with Crippen LogP contribution in [0.3, 0.4) is 0 Å². The van der Waals surface area contributed by atoms with E-state index < -0.39 is 41.0 Å². The first-order valence-electron chi connectivity index (χ1n) is 9.73. The lowest BCUT2D eigenvalue weighted by molar-refractivity contribution is -0.143. The van der Waals surface area contributed by atoms with E-state index in [0.717, 1.165) is 16.7 Å². The lowest BCUT2D eigenvalue weighted by Gasteiger charge is -2.36.